The molecule has 0 aliphatic rings. The summed E-state index contributed by atoms with van der Waals surface area (Å²) in [6, 6.07) is 11.6. The Hall–Kier alpha value is -2.36. The maximum atomic E-state index is 10.7. The van der Waals surface area contributed by atoms with Crippen LogP contribution in [0.5, 0.6) is 0 Å². The lowest BCUT2D eigenvalue weighted by Crippen LogP contribution is -2.07. The molecule has 98 valence electrons. The first kappa shape index (κ1) is 13.1. The zero-order valence-electron chi connectivity index (χ0n) is 10.8. The number of benzene rings is 1. The summed E-state index contributed by atoms with van der Waals surface area (Å²) >= 11 is 0. The quantitative estimate of drug-likeness (QED) is 0.863. The fraction of sp³-hybridized carbons (Fsp3) is 0.200. The van der Waals surface area contributed by atoms with Gasteiger partial charge in [0.2, 0.25) is 0 Å². The number of carbonyl (C=O) groups is 1. The van der Waals surface area contributed by atoms with Crippen LogP contribution in [-0.2, 0) is 6.42 Å². The summed E-state index contributed by atoms with van der Waals surface area (Å²) < 4.78 is 0. The fourth-order valence-electron chi connectivity index (χ4n) is 1.83. The van der Waals surface area contributed by atoms with Crippen LogP contribution in [0.25, 0.3) is 0 Å². The third-order valence-corrected chi connectivity index (χ3v) is 2.81. The highest BCUT2D eigenvalue weighted by Crippen LogP contribution is 2.07. The molecule has 4 heteroatoms. The number of nitrogens with zero attached hydrogens (tertiary/aromatic N) is 1. The smallest absolute Gasteiger partial charge is 0.337 e. The van der Waals surface area contributed by atoms with Crippen LogP contribution < -0.4 is 5.32 Å². The van der Waals surface area contributed by atoms with E-state index in [9.17, 15) is 4.79 Å². The van der Waals surface area contributed by atoms with Crippen LogP contribution in [0.1, 0.15) is 21.5 Å². The Labute approximate surface area is 112 Å². The second kappa shape index (κ2) is 6.00. The molecule has 4 nitrogen and oxygen atoms in total. The van der Waals surface area contributed by atoms with Crippen molar-refractivity contribution in [2.24, 2.45) is 0 Å². The zero-order valence-corrected chi connectivity index (χ0v) is 10.8. The Morgan fingerprint density at radius 3 is 2.79 bits per heavy atom. The van der Waals surface area contributed by atoms with Gasteiger partial charge in [0.25, 0.3) is 0 Å². The van der Waals surface area contributed by atoms with E-state index in [0.29, 0.717) is 5.82 Å². The van der Waals surface area contributed by atoms with Crippen LogP contribution in [0.4, 0.5) is 5.82 Å². The molecule has 0 fully saturated rings. The molecule has 0 radical (unpaired) electrons. The van der Waals surface area contributed by atoms with Gasteiger partial charge in [-0.2, -0.15) is 0 Å². The lowest BCUT2D eigenvalue weighted by molar-refractivity contribution is 0.0696. The molecule has 0 saturated carbocycles. The number of hydrogen-bond acceptors (Lipinski definition) is 3. The molecule has 0 saturated heterocycles. The second-order valence-corrected chi connectivity index (χ2v) is 4.40. The maximum Gasteiger partial charge on any atom is 0.337 e. The lowest BCUT2D eigenvalue weighted by Gasteiger charge is -2.06. The van der Waals surface area contributed by atoms with E-state index in [1.807, 2.05) is 6.07 Å². The van der Waals surface area contributed by atoms with Crippen molar-refractivity contribution in [3.05, 3.63) is 59.3 Å². The predicted molar refractivity (Wildman–Crippen MR) is 74.6 cm³/mol. The standard InChI is InChI=1S/C15H16N2O2/c1-11-3-2-4-12(9-11)7-8-16-14-6-5-13(10-17-14)15(18)19/h2-6,9-10H,7-8H2,1H3,(H,16,17)(H,18,19). The van der Waals surface area contributed by atoms with Crippen molar-refractivity contribution >= 4 is 11.8 Å². The Balaban J connectivity index is 1.87. The molecule has 2 aromatic rings. The van der Waals surface area contributed by atoms with Crippen molar-refractivity contribution in [1.29, 1.82) is 0 Å². The maximum absolute atomic E-state index is 10.7. The average Bonchev–Trinajstić information content (AvgIpc) is 2.39. The van der Waals surface area contributed by atoms with Crippen molar-refractivity contribution < 1.29 is 9.90 Å². The van der Waals surface area contributed by atoms with E-state index in [2.05, 4.69) is 35.4 Å². The highest BCUT2D eigenvalue weighted by Gasteiger charge is 2.02. The molecule has 2 N–H and O–H groups in total. The Morgan fingerprint density at radius 1 is 1.32 bits per heavy atom. The summed E-state index contributed by atoms with van der Waals surface area (Å²) in [5.41, 5.74) is 2.72. The van der Waals surface area contributed by atoms with Gasteiger partial charge in [-0.05, 0) is 31.0 Å². The molecule has 2 rings (SSSR count). The van der Waals surface area contributed by atoms with E-state index in [4.69, 9.17) is 5.11 Å². The molecular formula is C15H16N2O2. The minimum absolute atomic E-state index is 0.198. The third kappa shape index (κ3) is 3.81. The van der Waals surface area contributed by atoms with E-state index < -0.39 is 5.97 Å². The molecule has 1 aromatic carbocycles. The van der Waals surface area contributed by atoms with Gasteiger partial charge in [-0.1, -0.05) is 29.8 Å². The zero-order chi connectivity index (χ0) is 13.7. The number of pyridine rings is 1. The van der Waals surface area contributed by atoms with Crippen molar-refractivity contribution in [3.8, 4) is 0 Å². The van der Waals surface area contributed by atoms with Gasteiger partial charge in [-0.3, -0.25) is 0 Å². The number of aryl methyl sites for hydroxylation is 1. The molecule has 1 aromatic heterocycles. The Kier molecular flexibility index (Phi) is 4.13. The number of rotatable bonds is 5. The van der Waals surface area contributed by atoms with E-state index >= 15 is 0 Å². The molecular weight excluding hydrogens is 240 g/mol. The van der Waals surface area contributed by atoms with Gasteiger partial charge in [0.05, 0.1) is 5.56 Å². The minimum Gasteiger partial charge on any atom is -0.478 e. The van der Waals surface area contributed by atoms with Gasteiger partial charge in [-0.15, -0.1) is 0 Å². The number of carboxylic acid groups (broad SMARTS) is 1. The number of hydrogen-bond donors (Lipinski definition) is 2. The number of anilines is 1. The first-order valence-corrected chi connectivity index (χ1v) is 6.14. The van der Waals surface area contributed by atoms with Crippen LogP contribution in [0.3, 0.4) is 0 Å². The first-order chi connectivity index (χ1) is 9.15. The van der Waals surface area contributed by atoms with E-state index in [0.717, 1.165) is 13.0 Å². The molecule has 0 atom stereocenters. The van der Waals surface area contributed by atoms with Crippen LogP contribution >= 0.6 is 0 Å². The molecule has 0 spiro atoms. The summed E-state index contributed by atoms with van der Waals surface area (Å²) in [4.78, 5) is 14.7. The third-order valence-electron chi connectivity index (χ3n) is 2.81. The molecule has 0 unspecified atom stereocenters. The number of aromatic carboxylic acids is 1. The first-order valence-electron chi connectivity index (χ1n) is 6.14. The summed E-state index contributed by atoms with van der Waals surface area (Å²) in [5.74, 6) is -0.267. The molecule has 0 amide bonds. The van der Waals surface area contributed by atoms with Crippen LogP contribution in [-0.4, -0.2) is 22.6 Å². The average molecular weight is 256 g/mol. The van der Waals surface area contributed by atoms with Gasteiger partial charge in [0.1, 0.15) is 5.82 Å². The summed E-state index contributed by atoms with van der Waals surface area (Å²) in [7, 11) is 0. The van der Waals surface area contributed by atoms with Crippen molar-refractivity contribution in [1.82, 2.24) is 4.98 Å². The largest absolute Gasteiger partial charge is 0.478 e. The van der Waals surface area contributed by atoms with Crippen LogP contribution in [0.2, 0.25) is 0 Å². The normalized spacial score (nSPS) is 10.2. The second-order valence-electron chi connectivity index (χ2n) is 4.40. The summed E-state index contributed by atoms with van der Waals surface area (Å²) in [6.45, 7) is 2.84. The molecule has 0 aliphatic heterocycles. The highest BCUT2D eigenvalue weighted by molar-refractivity contribution is 5.87. The van der Waals surface area contributed by atoms with Gasteiger partial charge in [0.15, 0.2) is 0 Å². The van der Waals surface area contributed by atoms with Crippen molar-refractivity contribution in [3.63, 3.8) is 0 Å². The molecule has 1 heterocycles. The number of aromatic nitrogens is 1. The van der Waals surface area contributed by atoms with Crippen molar-refractivity contribution in [2.45, 2.75) is 13.3 Å². The number of carboxylic acids is 1. The molecule has 0 aliphatic carbocycles. The molecule has 0 bridgehead atoms. The van der Waals surface area contributed by atoms with Gasteiger partial charge in [0, 0.05) is 12.7 Å². The SMILES string of the molecule is Cc1cccc(CCNc2ccc(C(=O)O)cn2)c1. The predicted octanol–water partition coefficient (Wildman–Crippen LogP) is 2.74. The van der Waals surface area contributed by atoms with Crippen LogP contribution in [0.15, 0.2) is 42.6 Å². The van der Waals surface area contributed by atoms with Gasteiger partial charge >= 0.3 is 5.97 Å². The van der Waals surface area contributed by atoms with Gasteiger partial charge in [-0.25, -0.2) is 9.78 Å². The fourth-order valence-corrected chi connectivity index (χ4v) is 1.83. The van der Waals surface area contributed by atoms with E-state index in [-0.39, 0.29) is 5.56 Å². The lowest BCUT2D eigenvalue weighted by atomic mass is 10.1. The Morgan fingerprint density at radius 2 is 2.16 bits per heavy atom. The Bertz CT molecular complexity index is 565. The topological polar surface area (TPSA) is 62.2 Å². The minimum atomic E-state index is -0.959. The van der Waals surface area contributed by atoms with E-state index in [1.165, 1.54) is 17.3 Å². The summed E-state index contributed by atoms with van der Waals surface area (Å²) in [6.07, 6.45) is 2.27. The number of nitrogens with one attached hydrogen (secondary N) is 1. The van der Waals surface area contributed by atoms with Gasteiger partial charge < -0.3 is 10.4 Å². The summed E-state index contributed by atoms with van der Waals surface area (Å²) in [5, 5.41) is 11.9. The monoisotopic (exact) mass is 256 g/mol. The van der Waals surface area contributed by atoms with Crippen LogP contribution in [0, 0.1) is 6.92 Å². The van der Waals surface area contributed by atoms with E-state index in [1.54, 1.807) is 12.1 Å². The molecule has 19 heavy (non-hydrogen) atoms. The highest BCUT2D eigenvalue weighted by atomic mass is 16.4. The van der Waals surface area contributed by atoms with Crippen molar-refractivity contribution in [2.75, 3.05) is 11.9 Å².